The highest BCUT2D eigenvalue weighted by atomic mass is 32.2. The smallest absolute Gasteiger partial charge is 0.0211 e. The third-order valence-electron chi connectivity index (χ3n) is 3.59. The van der Waals surface area contributed by atoms with E-state index in [1.165, 1.54) is 48.3 Å². The average molecular weight is 249 g/mol. The second kappa shape index (κ2) is 6.46. The molecule has 1 aliphatic heterocycles. The molecule has 1 N–H and O–H groups in total. The van der Waals surface area contributed by atoms with Crippen molar-refractivity contribution in [1.29, 1.82) is 0 Å². The number of hydrogen-bond donors (Lipinski definition) is 1. The Morgan fingerprint density at radius 1 is 1.24 bits per heavy atom. The van der Waals surface area contributed by atoms with Crippen molar-refractivity contribution in [1.82, 2.24) is 5.32 Å². The van der Waals surface area contributed by atoms with Crippen molar-refractivity contribution < 1.29 is 0 Å². The molecular weight excluding hydrogens is 226 g/mol. The van der Waals surface area contributed by atoms with Gasteiger partial charge in [0, 0.05) is 18.3 Å². The van der Waals surface area contributed by atoms with Gasteiger partial charge in [-0.2, -0.15) is 11.8 Å². The second-order valence-corrected chi connectivity index (χ2v) is 6.40. The molecule has 1 unspecified atom stereocenters. The van der Waals surface area contributed by atoms with Crippen molar-refractivity contribution in [3.05, 3.63) is 34.9 Å². The van der Waals surface area contributed by atoms with E-state index in [4.69, 9.17) is 0 Å². The van der Waals surface area contributed by atoms with Crippen molar-refractivity contribution in [2.75, 3.05) is 12.3 Å². The molecule has 0 aliphatic carbocycles. The van der Waals surface area contributed by atoms with Crippen LogP contribution < -0.4 is 5.32 Å². The number of hydrogen-bond acceptors (Lipinski definition) is 2. The molecule has 2 heteroatoms. The standard InChI is InChI=1S/C15H23NS/c1-12-6-5-7-13(2)15(12)11-16-10-14-8-3-4-9-17-14/h5-7,14,16H,3-4,8-11H2,1-2H3. The van der Waals surface area contributed by atoms with Crippen LogP contribution in [-0.4, -0.2) is 17.5 Å². The summed E-state index contributed by atoms with van der Waals surface area (Å²) in [5, 5.41) is 4.47. The molecule has 94 valence electrons. The highest BCUT2D eigenvalue weighted by molar-refractivity contribution is 7.99. The Hall–Kier alpha value is -0.470. The lowest BCUT2D eigenvalue weighted by atomic mass is 10.0. The Morgan fingerprint density at radius 2 is 2.00 bits per heavy atom. The minimum Gasteiger partial charge on any atom is -0.312 e. The van der Waals surface area contributed by atoms with E-state index < -0.39 is 0 Å². The molecule has 1 atom stereocenters. The number of nitrogens with one attached hydrogen (secondary N) is 1. The first-order chi connectivity index (χ1) is 8.27. The molecule has 0 amide bonds. The Balaban J connectivity index is 1.81. The Kier molecular flexibility index (Phi) is 4.93. The van der Waals surface area contributed by atoms with Gasteiger partial charge in [0.2, 0.25) is 0 Å². The second-order valence-electron chi connectivity index (χ2n) is 4.99. The minimum absolute atomic E-state index is 0.841. The zero-order chi connectivity index (χ0) is 12.1. The maximum absolute atomic E-state index is 3.63. The largest absolute Gasteiger partial charge is 0.312 e. The summed E-state index contributed by atoms with van der Waals surface area (Å²) >= 11 is 2.14. The Labute approximate surface area is 109 Å². The SMILES string of the molecule is Cc1cccc(C)c1CNCC1CCCCS1. The van der Waals surface area contributed by atoms with Crippen molar-refractivity contribution in [2.45, 2.75) is 44.9 Å². The Morgan fingerprint density at radius 3 is 2.65 bits per heavy atom. The van der Waals surface area contributed by atoms with Crippen LogP contribution in [0.4, 0.5) is 0 Å². The van der Waals surface area contributed by atoms with E-state index in [1.807, 2.05) is 0 Å². The van der Waals surface area contributed by atoms with Gasteiger partial charge in [0.1, 0.15) is 0 Å². The third kappa shape index (κ3) is 3.75. The monoisotopic (exact) mass is 249 g/mol. The molecular formula is C15H23NS. The van der Waals surface area contributed by atoms with E-state index in [0.717, 1.165) is 11.8 Å². The molecule has 0 radical (unpaired) electrons. The molecule has 2 rings (SSSR count). The summed E-state index contributed by atoms with van der Waals surface area (Å²) in [6, 6.07) is 6.56. The fourth-order valence-electron chi connectivity index (χ4n) is 2.45. The molecule has 1 aromatic rings. The first kappa shape index (κ1) is 13.0. The molecule has 0 spiro atoms. The minimum atomic E-state index is 0.841. The molecule has 1 fully saturated rings. The van der Waals surface area contributed by atoms with Crippen LogP contribution in [0.2, 0.25) is 0 Å². The quantitative estimate of drug-likeness (QED) is 0.873. The molecule has 0 aromatic heterocycles. The number of thioether (sulfide) groups is 1. The van der Waals surface area contributed by atoms with E-state index >= 15 is 0 Å². The molecule has 1 saturated heterocycles. The van der Waals surface area contributed by atoms with Crippen molar-refractivity contribution in [2.24, 2.45) is 0 Å². The fourth-order valence-corrected chi connectivity index (χ4v) is 3.73. The lowest BCUT2D eigenvalue weighted by Gasteiger charge is -2.22. The van der Waals surface area contributed by atoms with Crippen LogP contribution in [0.15, 0.2) is 18.2 Å². The fraction of sp³-hybridized carbons (Fsp3) is 0.600. The van der Waals surface area contributed by atoms with Crippen LogP contribution in [0.1, 0.15) is 36.0 Å². The number of benzene rings is 1. The van der Waals surface area contributed by atoms with Crippen molar-refractivity contribution >= 4 is 11.8 Å². The first-order valence-electron chi connectivity index (χ1n) is 6.65. The van der Waals surface area contributed by atoms with E-state index in [0.29, 0.717) is 0 Å². The zero-order valence-electron chi connectivity index (χ0n) is 11.0. The average Bonchev–Trinajstić information content (AvgIpc) is 2.34. The van der Waals surface area contributed by atoms with Crippen molar-refractivity contribution in [3.8, 4) is 0 Å². The lowest BCUT2D eigenvalue weighted by molar-refractivity contribution is 0.596. The van der Waals surface area contributed by atoms with Crippen LogP contribution in [0.3, 0.4) is 0 Å². The predicted octanol–water partition coefficient (Wildman–Crippen LogP) is 3.68. The van der Waals surface area contributed by atoms with Gasteiger partial charge in [0.25, 0.3) is 0 Å². The number of rotatable bonds is 4. The third-order valence-corrected chi connectivity index (χ3v) is 4.99. The van der Waals surface area contributed by atoms with E-state index in [2.05, 4.69) is 49.1 Å². The van der Waals surface area contributed by atoms with Crippen LogP contribution in [0.5, 0.6) is 0 Å². The predicted molar refractivity (Wildman–Crippen MR) is 77.7 cm³/mol. The first-order valence-corrected chi connectivity index (χ1v) is 7.69. The lowest BCUT2D eigenvalue weighted by Crippen LogP contribution is -2.26. The van der Waals surface area contributed by atoms with Crippen LogP contribution in [0, 0.1) is 13.8 Å². The number of aryl methyl sites for hydroxylation is 2. The summed E-state index contributed by atoms with van der Waals surface area (Å²) in [4.78, 5) is 0. The maximum atomic E-state index is 3.63. The molecule has 1 heterocycles. The van der Waals surface area contributed by atoms with Gasteiger partial charge < -0.3 is 5.32 Å². The van der Waals surface area contributed by atoms with Gasteiger partial charge in [-0.3, -0.25) is 0 Å². The topological polar surface area (TPSA) is 12.0 Å². The molecule has 0 saturated carbocycles. The van der Waals surface area contributed by atoms with Gasteiger partial charge >= 0.3 is 0 Å². The normalized spacial score (nSPS) is 20.5. The maximum Gasteiger partial charge on any atom is 0.0211 e. The highest BCUT2D eigenvalue weighted by Crippen LogP contribution is 2.24. The van der Waals surface area contributed by atoms with E-state index in [-0.39, 0.29) is 0 Å². The van der Waals surface area contributed by atoms with Gasteiger partial charge in [0.15, 0.2) is 0 Å². The van der Waals surface area contributed by atoms with Gasteiger partial charge in [-0.05, 0) is 49.1 Å². The summed E-state index contributed by atoms with van der Waals surface area (Å²) < 4.78 is 0. The van der Waals surface area contributed by atoms with Crippen LogP contribution in [-0.2, 0) is 6.54 Å². The highest BCUT2D eigenvalue weighted by Gasteiger charge is 2.13. The molecule has 17 heavy (non-hydrogen) atoms. The summed E-state index contributed by atoms with van der Waals surface area (Å²) in [7, 11) is 0. The molecule has 1 nitrogen and oxygen atoms in total. The van der Waals surface area contributed by atoms with Crippen LogP contribution in [0.25, 0.3) is 0 Å². The molecule has 0 bridgehead atoms. The van der Waals surface area contributed by atoms with Gasteiger partial charge in [0.05, 0.1) is 0 Å². The zero-order valence-corrected chi connectivity index (χ0v) is 11.8. The van der Waals surface area contributed by atoms with Gasteiger partial charge in [-0.15, -0.1) is 0 Å². The summed E-state index contributed by atoms with van der Waals surface area (Å²) in [5.74, 6) is 1.36. The van der Waals surface area contributed by atoms with Crippen molar-refractivity contribution in [3.63, 3.8) is 0 Å². The van der Waals surface area contributed by atoms with E-state index in [9.17, 15) is 0 Å². The Bertz CT molecular complexity index is 336. The summed E-state index contributed by atoms with van der Waals surface area (Å²) in [5.41, 5.74) is 4.30. The van der Waals surface area contributed by atoms with Gasteiger partial charge in [-0.25, -0.2) is 0 Å². The summed E-state index contributed by atoms with van der Waals surface area (Å²) in [6.07, 6.45) is 4.23. The van der Waals surface area contributed by atoms with Crippen LogP contribution >= 0.6 is 11.8 Å². The molecule has 1 aliphatic rings. The molecule has 1 aromatic carbocycles. The van der Waals surface area contributed by atoms with E-state index in [1.54, 1.807) is 0 Å². The summed E-state index contributed by atoms with van der Waals surface area (Å²) in [6.45, 7) is 6.60. The van der Waals surface area contributed by atoms with Gasteiger partial charge in [-0.1, -0.05) is 24.6 Å².